The Kier molecular flexibility index (Phi) is 13.9. The minimum absolute atomic E-state index is 0.0109. The normalized spacial score (nSPS) is 14.3. The Bertz CT molecular complexity index is 892. The van der Waals surface area contributed by atoms with Crippen LogP contribution in [0.1, 0.15) is 58.1 Å². The van der Waals surface area contributed by atoms with Crippen LogP contribution in [0.3, 0.4) is 0 Å². The lowest BCUT2D eigenvalue weighted by Crippen LogP contribution is -2.57. The summed E-state index contributed by atoms with van der Waals surface area (Å²) in [6, 6.07) is -4.53. The molecule has 1 heterocycles. The third kappa shape index (κ3) is 12.3. The number of amides is 3. The van der Waals surface area contributed by atoms with E-state index in [2.05, 4.69) is 25.9 Å². The highest BCUT2D eigenvalue weighted by atomic mass is 16.4. The first kappa shape index (κ1) is 31.5. The molecule has 208 valence electrons. The first-order chi connectivity index (χ1) is 17.4. The summed E-state index contributed by atoms with van der Waals surface area (Å²) in [4.78, 5) is 67.9. The molecule has 37 heavy (non-hydrogen) atoms. The fourth-order valence-electron chi connectivity index (χ4n) is 3.52. The quantitative estimate of drug-likeness (QED) is 0.107. The average Bonchev–Trinajstić information content (AvgIpc) is 3.33. The van der Waals surface area contributed by atoms with E-state index in [9.17, 15) is 29.1 Å². The second-order valence-corrected chi connectivity index (χ2v) is 9.26. The minimum Gasteiger partial charge on any atom is -0.481 e. The van der Waals surface area contributed by atoms with E-state index in [1.54, 1.807) is 0 Å². The number of unbranched alkanes of at least 4 members (excludes halogenated alkanes) is 1. The largest absolute Gasteiger partial charge is 0.481 e. The molecule has 1 aromatic rings. The first-order valence-corrected chi connectivity index (χ1v) is 12.2. The van der Waals surface area contributed by atoms with Gasteiger partial charge in [-0.1, -0.05) is 20.3 Å². The van der Waals surface area contributed by atoms with Crippen LogP contribution in [0.5, 0.6) is 0 Å². The second-order valence-electron chi connectivity index (χ2n) is 9.26. The molecule has 14 heteroatoms. The first-order valence-electron chi connectivity index (χ1n) is 12.2. The van der Waals surface area contributed by atoms with Crippen LogP contribution < -0.4 is 27.4 Å². The lowest BCUT2D eigenvalue weighted by atomic mass is 10.0. The molecular weight excluding hydrogens is 486 g/mol. The molecule has 3 amide bonds. The van der Waals surface area contributed by atoms with Gasteiger partial charge in [0.15, 0.2) is 0 Å². The number of carboxylic acids is 2. The van der Waals surface area contributed by atoms with Gasteiger partial charge in [-0.25, -0.2) is 9.78 Å². The van der Waals surface area contributed by atoms with Crippen LogP contribution in [-0.4, -0.2) is 80.6 Å². The van der Waals surface area contributed by atoms with Crippen molar-refractivity contribution in [3.63, 3.8) is 0 Å². The molecule has 4 unspecified atom stereocenters. The number of imidazole rings is 1. The lowest BCUT2D eigenvalue weighted by molar-refractivity contribution is -0.143. The van der Waals surface area contributed by atoms with E-state index in [0.717, 1.165) is 0 Å². The number of nitrogens with zero attached hydrogens (tertiary/aromatic N) is 1. The van der Waals surface area contributed by atoms with Gasteiger partial charge in [-0.15, -0.1) is 0 Å². The highest BCUT2D eigenvalue weighted by molar-refractivity contribution is 5.94. The van der Waals surface area contributed by atoms with Crippen molar-refractivity contribution >= 4 is 29.7 Å². The SMILES string of the molecule is CC(C)CC(NC(=O)C(N)CCCCN)C(=O)NC(Cc1cnc[nH]1)C(=O)NC(CCC(=O)O)C(=O)O. The number of aromatic amines is 1. The third-order valence-corrected chi connectivity index (χ3v) is 5.52. The van der Waals surface area contributed by atoms with Gasteiger partial charge < -0.3 is 42.6 Å². The van der Waals surface area contributed by atoms with E-state index in [1.807, 2.05) is 13.8 Å². The Morgan fingerprint density at radius 3 is 2.11 bits per heavy atom. The lowest BCUT2D eigenvalue weighted by Gasteiger charge is -2.26. The third-order valence-electron chi connectivity index (χ3n) is 5.52. The summed E-state index contributed by atoms with van der Waals surface area (Å²) < 4.78 is 0. The molecule has 4 atom stereocenters. The van der Waals surface area contributed by atoms with Crippen LogP contribution in [0, 0.1) is 5.92 Å². The summed E-state index contributed by atoms with van der Waals surface area (Å²) in [5.41, 5.74) is 11.9. The molecule has 1 rings (SSSR count). The van der Waals surface area contributed by atoms with Gasteiger partial charge in [-0.05, 0) is 38.1 Å². The maximum Gasteiger partial charge on any atom is 0.326 e. The van der Waals surface area contributed by atoms with E-state index in [0.29, 0.717) is 31.5 Å². The predicted molar refractivity (Wildman–Crippen MR) is 133 cm³/mol. The molecule has 0 radical (unpaired) electrons. The molecule has 0 bridgehead atoms. The Morgan fingerprint density at radius 2 is 1.57 bits per heavy atom. The summed E-state index contributed by atoms with van der Waals surface area (Å²) >= 11 is 0. The molecule has 0 aliphatic rings. The van der Waals surface area contributed by atoms with E-state index in [1.165, 1.54) is 12.5 Å². The fraction of sp³-hybridized carbons (Fsp3) is 0.652. The monoisotopic (exact) mass is 525 g/mol. The van der Waals surface area contributed by atoms with Crippen molar-refractivity contribution < 1.29 is 34.2 Å². The zero-order valence-corrected chi connectivity index (χ0v) is 21.2. The number of carbonyl (C=O) groups is 5. The fourth-order valence-corrected chi connectivity index (χ4v) is 3.52. The maximum absolute atomic E-state index is 13.2. The van der Waals surface area contributed by atoms with Crippen LogP contribution in [0.4, 0.5) is 0 Å². The number of H-pyrrole nitrogens is 1. The predicted octanol–water partition coefficient (Wildman–Crippen LogP) is -1.14. The van der Waals surface area contributed by atoms with Gasteiger partial charge >= 0.3 is 11.9 Å². The van der Waals surface area contributed by atoms with Gasteiger partial charge in [0.1, 0.15) is 18.1 Å². The molecule has 0 spiro atoms. The van der Waals surface area contributed by atoms with Crippen LogP contribution in [-0.2, 0) is 30.4 Å². The van der Waals surface area contributed by atoms with E-state index in [-0.39, 0.29) is 25.2 Å². The number of aliphatic carboxylic acids is 2. The molecule has 0 aliphatic carbocycles. The molecule has 1 aromatic heterocycles. The Morgan fingerprint density at radius 1 is 0.946 bits per heavy atom. The number of nitrogens with two attached hydrogens (primary N) is 2. The molecule has 0 aliphatic heterocycles. The van der Waals surface area contributed by atoms with Crippen molar-refractivity contribution in [1.82, 2.24) is 25.9 Å². The van der Waals surface area contributed by atoms with Crippen molar-refractivity contribution in [2.24, 2.45) is 17.4 Å². The van der Waals surface area contributed by atoms with Gasteiger partial charge in [0.25, 0.3) is 0 Å². The number of carboxylic acid groups (broad SMARTS) is 2. The van der Waals surface area contributed by atoms with Gasteiger partial charge in [0.05, 0.1) is 12.4 Å². The Balaban J connectivity index is 3.02. The summed E-state index contributed by atoms with van der Waals surface area (Å²) in [5, 5.41) is 25.8. The summed E-state index contributed by atoms with van der Waals surface area (Å²) in [5.74, 6) is -4.59. The summed E-state index contributed by atoms with van der Waals surface area (Å²) in [6.45, 7) is 4.20. The molecule has 14 nitrogen and oxygen atoms in total. The summed E-state index contributed by atoms with van der Waals surface area (Å²) in [7, 11) is 0. The van der Waals surface area contributed by atoms with Crippen LogP contribution in [0.25, 0.3) is 0 Å². The van der Waals surface area contributed by atoms with Crippen molar-refractivity contribution in [1.29, 1.82) is 0 Å². The maximum atomic E-state index is 13.2. The van der Waals surface area contributed by atoms with Crippen molar-refractivity contribution in [3.05, 3.63) is 18.2 Å². The van der Waals surface area contributed by atoms with Crippen molar-refractivity contribution in [2.75, 3.05) is 6.54 Å². The zero-order chi connectivity index (χ0) is 28.0. The number of carbonyl (C=O) groups excluding carboxylic acids is 3. The minimum atomic E-state index is -1.47. The molecule has 0 saturated carbocycles. The highest BCUT2D eigenvalue weighted by Crippen LogP contribution is 2.09. The molecule has 10 N–H and O–H groups in total. The Labute approximate surface area is 215 Å². The van der Waals surface area contributed by atoms with E-state index < -0.39 is 60.2 Å². The van der Waals surface area contributed by atoms with Crippen LogP contribution >= 0.6 is 0 Å². The highest BCUT2D eigenvalue weighted by Gasteiger charge is 2.31. The zero-order valence-electron chi connectivity index (χ0n) is 21.2. The van der Waals surface area contributed by atoms with Gasteiger partial charge in [0, 0.05) is 24.7 Å². The average molecular weight is 526 g/mol. The molecule has 0 fully saturated rings. The van der Waals surface area contributed by atoms with Crippen LogP contribution in [0.2, 0.25) is 0 Å². The van der Waals surface area contributed by atoms with Gasteiger partial charge in [-0.3, -0.25) is 19.2 Å². The molecule has 0 saturated heterocycles. The number of nitrogens with one attached hydrogen (secondary N) is 4. The van der Waals surface area contributed by atoms with Crippen molar-refractivity contribution in [3.8, 4) is 0 Å². The molecular formula is C23H39N7O7. The number of rotatable bonds is 18. The van der Waals surface area contributed by atoms with E-state index in [4.69, 9.17) is 16.6 Å². The number of hydrogen-bond acceptors (Lipinski definition) is 8. The molecule has 0 aromatic carbocycles. The summed E-state index contributed by atoms with van der Waals surface area (Å²) in [6.07, 6.45) is 4.00. The topological polar surface area (TPSA) is 243 Å². The van der Waals surface area contributed by atoms with Gasteiger partial charge in [-0.2, -0.15) is 0 Å². The second kappa shape index (κ2) is 16.3. The van der Waals surface area contributed by atoms with Gasteiger partial charge in [0.2, 0.25) is 17.7 Å². The number of hydrogen-bond donors (Lipinski definition) is 8. The van der Waals surface area contributed by atoms with Crippen LogP contribution in [0.15, 0.2) is 12.5 Å². The Hall–Kier alpha value is -3.52. The van der Waals surface area contributed by atoms with E-state index >= 15 is 0 Å². The smallest absolute Gasteiger partial charge is 0.326 e. The van der Waals surface area contributed by atoms with Crippen molar-refractivity contribution in [2.45, 2.75) is 83.0 Å². The standard InChI is InChI=1S/C23H39N7O7/c1-13(2)9-17(29-20(33)15(25)5-3-4-8-24)21(34)30-18(10-14-11-26-12-27-14)22(35)28-16(23(36)37)6-7-19(31)32/h11-13,15-18H,3-10,24-25H2,1-2H3,(H,26,27)(H,28,35)(H,29,33)(H,30,34)(H,31,32)(H,36,37). The number of aromatic nitrogens is 2.